The van der Waals surface area contributed by atoms with Gasteiger partial charge in [-0.25, -0.2) is 9.37 Å². The molecule has 0 radical (unpaired) electrons. The largest absolute Gasteiger partial charge is 0.293 e. The van der Waals surface area contributed by atoms with Crippen molar-refractivity contribution in [2.24, 2.45) is 0 Å². The van der Waals surface area contributed by atoms with Gasteiger partial charge in [-0.3, -0.25) is 4.79 Å². The summed E-state index contributed by atoms with van der Waals surface area (Å²) in [5.41, 5.74) is 1.70. The second kappa shape index (κ2) is 4.55. The zero-order chi connectivity index (χ0) is 12.7. The van der Waals surface area contributed by atoms with Gasteiger partial charge in [0.05, 0.1) is 10.6 Å². The molecule has 0 N–H and O–H groups in total. The summed E-state index contributed by atoms with van der Waals surface area (Å²) in [6.07, 6.45) is 1.14. The molecule has 0 spiro atoms. The van der Waals surface area contributed by atoms with Crippen molar-refractivity contribution in [2.45, 2.75) is 18.8 Å². The molecule has 0 saturated heterocycles. The van der Waals surface area contributed by atoms with E-state index in [0.717, 1.165) is 20.1 Å². The molecule has 5 heteroatoms. The third-order valence-corrected chi connectivity index (χ3v) is 4.71. The molecule has 1 aromatic heterocycles. The molecule has 1 heterocycles. The molecule has 1 aliphatic carbocycles. The summed E-state index contributed by atoms with van der Waals surface area (Å²) in [6.45, 7) is 0. The molecule has 18 heavy (non-hydrogen) atoms. The first-order chi connectivity index (χ1) is 8.63. The van der Waals surface area contributed by atoms with Crippen LogP contribution in [0.5, 0.6) is 0 Å². The van der Waals surface area contributed by atoms with Crippen LogP contribution in [0.2, 0.25) is 0 Å². The van der Waals surface area contributed by atoms with E-state index >= 15 is 0 Å². The van der Waals surface area contributed by atoms with Gasteiger partial charge in [-0.1, -0.05) is 12.1 Å². The number of thiazole rings is 1. The van der Waals surface area contributed by atoms with Crippen molar-refractivity contribution in [3.63, 3.8) is 0 Å². The van der Waals surface area contributed by atoms with Gasteiger partial charge in [-0.2, -0.15) is 0 Å². The van der Waals surface area contributed by atoms with Crippen LogP contribution >= 0.6 is 27.3 Å². The van der Waals surface area contributed by atoms with Crippen LogP contribution in [-0.4, -0.2) is 10.8 Å². The number of ketones is 1. The fourth-order valence-electron chi connectivity index (χ4n) is 2.30. The van der Waals surface area contributed by atoms with Crippen molar-refractivity contribution in [2.75, 3.05) is 0 Å². The van der Waals surface area contributed by atoms with E-state index in [1.165, 1.54) is 23.5 Å². The molecule has 0 bridgehead atoms. The number of Topliss-reactive ketones (excluding diaryl/α,β-unsaturated/α-hetero) is 1. The molecule has 92 valence electrons. The molecule has 1 aromatic carbocycles. The lowest BCUT2D eigenvalue weighted by molar-refractivity contribution is 0.0968. The predicted octanol–water partition coefficient (Wildman–Crippen LogP) is 3.96. The Balaban J connectivity index is 1.96. The zero-order valence-corrected chi connectivity index (χ0v) is 11.7. The molecule has 0 amide bonds. The minimum Gasteiger partial charge on any atom is -0.293 e. The third kappa shape index (κ3) is 2.12. The van der Waals surface area contributed by atoms with Gasteiger partial charge in [0.1, 0.15) is 5.82 Å². The first-order valence-corrected chi connectivity index (χ1v) is 7.18. The quantitative estimate of drug-likeness (QED) is 0.794. The van der Waals surface area contributed by atoms with Gasteiger partial charge in [0.2, 0.25) is 0 Å². The van der Waals surface area contributed by atoms with E-state index in [2.05, 4.69) is 20.9 Å². The van der Waals surface area contributed by atoms with Crippen LogP contribution in [0.1, 0.15) is 33.3 Å². The lowest BCUT2D eigenvalue weighted by atomic mass is 9.84. The standard InChI is InChI=1S/C13H9BrFNOS/c14-13-16-10-5-8(6-11(17)12(10)18-13)7-2-1-3-9(15)4-7/h1-4,8H,5-6H2/t8-/m0/s1. The van der Waals surface area contributed by atoms with Crippen LogP contribution in [0.4, 0.5) is 4.39 Å². The van der Waals surface area contributed by atoms with Gasteiger partial charge in [0, 0.05) is 6.42 Å². The Labute approximate surface area is 116 Å². The van der Waals surface area contributed by atoms with Crippen LogP contribution in [-0.2, 0) is 6.42 Å². The Morgan fingerprint density at radius 2 is 2.22 bits per heavy atom. The molecule has 0 aliphatic heterocycles. The molecule has 0 saturated carbocycles. The van der Waals surface area contributed by atoms with Gasteiger partial charge in [0.25, 0.3) is 0 Å². The highest BCUT2D eigenvalue weighted by atomic mass is 79.9. The number of nitrogens with zero attached hydrogens (tertiary/aromatic N) is 1. The predicted molar refractivity (Wildman–Crippen MR) is 71.6 cm³/mol. The van der Waals surface area contributed by atoms with Crippen LogP contribution < -0.4 is 0 Å². The van der Waals surface area contributed by atoms with Gasteiger partial charge in [-0.15, -0.1) is 11.3 Å². The van der Waals surface area contributed by atoms with Gasteiger partial charge in [-0.05, 0) is 46.0 Å². The summed E-state index contributed by atoms with van der Waals surface area (Å²) in [4.78, 5) is 17.1. The van der Waals surface area contributed by atoms with E-state index in [0.29, 0.717) is 12.8 Å². The first-order valence-electron chi connectivity index (χ1n) is 5.57. The van der Waals surface area contributed by atoms with Gasteiger partial charge >= 0.3 is 0 Å². The monoisotopic (exact) mass is 325 g/mol. The summed E-state index contributed by atoms with van der Waals surface area (Å²) >= 11 is 4.68. The minimum atomic E-state index is -0.259. The molecule has 1 aliphatic rings. The third-order valence-electron chi connectivity index (χ3n) is 3.12. The van der Waals surface area contributed by atoms with E-state index in [1.54, 1.807) is 6.07 Å². The molecule has 3 rings (SSSR count). The van der Waals surface area contributed by atoms with Crippen molar-refractivity contribution in [3.05, 3.63) is 50.1 Å². The smallest absolute Gasteiger partial charge is 0.175 e. The number of carbonyl (C=O) groups excluding carboxylic acids is 1. The maximum Gasteiger partial charge on any atom is 0.175 e. The SMILES string of the molecule is O=C1C[C@@H](c2cccc(F)c2)Cc2nc(Br)sc21. The van der Waals surface area contributed by atoms with E-state index in [1.807, 2.05) is 6.07 Å². The summed E-state index contributed by atoms with van der Waals surface area (Å²) in [5.74, 6) is -0.117. The highest BCUT2D eigenvalue weighted by Gasteiger charge is 2.29. The maximum atomic E-state index is 13.2. The van der Waals surface area contributed by atoms with Crippen LogP contribution in [0.15, 0.2) is 28.2 Å². The zero-order valence-electron chi connectivity index (χ0n) is 9.32. The topological polar surface area (TPSA) is 30.0 Å². The Kier molecular flexibility index (Phi) is 3.03. The number of aromatic nitrogens is 1. The Bertz CT molecular complexity index is 625. The Morgan fingerprint density at radius 1 is 1.39 bits per heavy atom. The van der Waals surface area contributed by atoms with Gasteiger partial charge in [0.15, 0.2) is 9.70 Å². The number of hydrogen-bond donors (Lipinski definition) is 0. The number of halogens is 2. The van der Waals surface area contributed by atoms with Crippen LogP contribution in [0.25, 0.3) is 0 Å². The normalized spacial score (nSPS) is 18.8. The summed E-state index contributed by atoms with van der Waals surface area (Å²) < 4.78 is 14.0. The van der Waals surface area contributed by atoms with E-state index in [-0.39, 0.29) is 17.5 Å². The lowest BCUT2D eigenvalue weighted by Crippen LogP contribution is -2.17. The van der Waals surface area contributed by atoms with E-state index in [4.69, 9.17) is 0 Å². The van der Waals surface area contributed by atoms with Crippen LogP contribution in [0, 0.1) is 5.82 Å². The molecule has 2 aromatic rings. The number of benzene rings is 1. The molecule has 2 nitrogen and oxygen atoms in total. The number of hydrogen-bond acceptors (Lipinski definition) is 3. The maximum absolute atomic E-state index is 13.2. The van der Waals surface area contributed by atoms with Crippen molar-refractivity contribution >= 4 is 33.0 Å². The summed E-state index contributed by atoms with van der Waals surface area (Å²) in [7, 11) is 0. The molecular formula is C13H9BrFNOS. The molecule has 0 fully saturated rings. The molecule has 0 unspecified atom stereocenters. The highest BCUT2D eigenvalue weighted by molar-refractivity contribution is 9.11. The Morgan fingerprint density at radius 3 is 3.00 bits per heavy atom. The second-order valence-electron chi connectivity index (χ2n) is 4.33. The van der Waals surface area contributed by atoms with Crippen LogP contribution in [0.3, 0.4) is 0 Å². The number of rotatable bonds is 1. The molecule has 1 atom stereocenters. The van der Waals surface area contributed by atoms with Crippen molar-refractivity contribution in [1.82, 2.24) is 4.98 Å². The fourth-order valence-corrected chi connectivity index (χ4v) is 3.77. The molecular weight excluding hydrogens is 317 g/mol. The number of fused-ring (bicyclic) bond motifs is 1. The summed E-state index contributed by atoms with van der Waals surface area (Å²) in [5, 5.41) is 0. The second-order valence-corrected chi connectivity index (χ2v) is 6.60. The Hall–Kier alpha value is -1.07. The van der Waals surface area contributed by atoms with Crippen molar-refractivity contribution in [3.8, 4) is 0 Å². The minimum absolute atomic E-state index is 0.0368. The first kappa shape index (κ1) is 12.0. The average Bonchev–Trinajstić information content (AvgIpc) is 2.70. The van der Waals surface area contributed by atoms with E-state index < -0.39 is 0 Å². The fraction of sp³-hybridized carbons (Fsp3) is 0.231. The number of carbonyl (C=O) groups is 1. The van der Waals surface area contributed by atoms with Crippen molar-refractivity contribution < 1.29 is 9.18 Å². The summed E-state index contributed by atoms with van der Waals surface area (Å²) in [6, 6.07) is 6.47. The van der Waals surface area contributed by atoms with Crippen molar-refractivity contribution in [1.29, 1.82) is 0 Å². The highest BCUT2D eigenvalue weighted by Crippen LogP contribution is 2.36. The van der Waals surface area contributed by atoms with Gasteiger partial charge < -0.3 is 0 Å². The average molecular weight is 326 g/mol. The lowest BCUT2D eigenvalue weighted by Gasteiger charge is -2.20. The van der Waals surface area contributed by atoms with E-state index in [9.17, 15) is 9.18 Å².